The molecule has 0 atom stereocenters. The molecule has 0 unspecified atom stereocenters. The standard InChI is InChI=1S/C13H18ClNO3S/c1-2-18-12-7-6-11(14)10-13(12)19(16,17)15-8-4-3-5-9-15/h6-7,10H,2-5,8-9H2,1H3. The molecule has 0 aliphatic carbocycles. The SMILES string of the molecule is CCOc1ccc(Cl)cc1S(=O)(=O)N1CCCCC1. The zero-order valence-electron chi connectivity index (χ0n) is 10.9. The maximum Gasteiger partial charge on any atom is 0.246 e. The Labute approximate surface area is 119 Å². The van der Waals surface area contributed by atoms with Gasteiger partial charge in [-0.15, -0.1) is 0 Å². The minimum Gasteiger partial charge on any atom is -0.492 e. The Morgan fingerprint density at radius 3 is 2.58 bits per heavy atom. The lowest BCUT2D eigenvalue weighted by atomic mass is 10.2. The van der Waals surface area contributed by atoms with Gasteiger partial charge in [0.1, 0.15) is 10.6 Å². The number of ether oxygens (including phenoxy) is 1. The summed E-state index contributed by atoms with van der Waals surface area (Å²) in [4.78, 5) is 0.170. The Hall–Kier alpha value is -0.780. The molecule has 0 aromatic heterocycles. The lowest BCUT2D eigenvalue weighted by Crippen LogP contribution is -2.35. The summed E-state index contributed by atoms with van der Waals surface area (Å²) >= 11 is 5.92. The molecule has 0 radical (unpaired) electrons. The van der Waals surface area contributed by atoms with E-state index in [0.29, 0.717) is 30.5 Å². The Morgan fingerprint density at radius 2 is 1.95 bits per heavy atom. The van der Waals surface area contributed by atoms with Gasteiger partial charge in [-0.1, -0.05) is 18.0 Å². The van der Waals surface area contributed by atoms with Gasteiger partial charge in [0, 0.05) is 18.1 Å². The van der Waals surface area contributed by atoms with E-state index in [1.54, 1.807) is 12.1 Å². The van der Waals surface area contributed by atoms with E-state index in [-0.39, 0.29) is 4.90 Å². The summed E-state index contributed by atoms with van der Waals surface area (Å²) in [5.74, 6) is 0.373. The number of nitrogens with zero attached hydrogens (tertiary/aromatic N) is 1. The summed E-state index contributed by atoms with van der Waals surface area (Å²) in [7, 11) is -3.51. The van der Waals surface area contributed by atoms with Crippen LogP contribution in [0.1, 0.15) is 26.2 Å². The molecular formula is C13H18ClNO3S. The summed E-state index contributed by atoms with van der Waals surface area (Å²) in [5.41, 5.74) is 0. The third-order valence-corrected chi connectivity index (χ3v) is 5.29. The molecule has 1 heterocycles. The summed E-state index contributed by atoms with van der Waals surface area (Å²) in [6, 6.07) is 4.72. The number of sulfonamides is 1. The third-order valence-electron chi connectivity index (χ3n) is 3.14. The average Bonchev–Trinajstić information content (AvgIpc) is 2.42. The van der Waals surface area contributed by atoms with Crippen LogP contribution in [0.5, 0.6) is 5.75 Å². The highest BCUT2D eigenvalue weighted by atomic mass is 35.5. The number of hydrogen-bond acceptors (Lipinski definition) is 3. The van der Waals surface area contributed by atoms with E-state index in [4.69, 9.17) is 16.3 Å². The fraction of sp³-hybridized carbons (Fsp3) is 0.538. The largest absolute Gasteiger partial charge is 0.492 e. The Morgan fingerprint density at radius 1 is 1.26 bits per heavy atom. The van der Waals surface area contributed by atoms with Crippen molar-refractivity contribution in [3.63, 3.8) is 0 Å². The van der Waals surface area contributed by atoms with Crippen molar-refractivity contribution >= 4 is 21.6 Å². The van der Waals surface area contributed by atoms with E-state index < -0.39 is 10.0 Å². The first kappa shape index (κ1) is 14.6. The second-order valence-electron chi connectivity index (χ2n) is 4.49. The van der Waals surface area contributed by atoms with Crippen LogP contribution in [0.25, 0.3) is 0 Å². The van der Waals surface area contributed by atoms with Gasteiger partial charge >= 0.3 is 0 Å². The monoisotopic (exact) mass is 303 g/mol. The molecule has 6 heteroatoms. The molecule has 0 amide bonds. The van der Waals surface area contributed by atoms with Crippen molar-refractivity contribution in [2.45, 2.75) is 31.1 Å². The maximum atomic E-state index is 12.6. The van der Waals surface area contributed by atoms with Gasteiger partial charge in [0.05, 0.1) is 6.61 Å². The molecule has 1 aliphatic heterocycles. The van der Waals surface area contributed by atoms with Crippen molar-refractivity contribution < 1.29 is 13.2 Å². The number of benzene rings is 1. The van der Waals surface area contributed by atoms with Gasteiger partial charge in [-0.25, -0.2) is 8.42 Å². The van der Waals surface area contributed by atoms with Crippen molar-refractivity contribution in [2.24, 2.45) is 0 Å². The highest BCUT2D eigenvalue weighted by Crippen LogP contribution is 2.31. The van der Waals surface area contributed by atoms with Gasteiger partial charge in [0.2, 0.25) is 10.0 Å². The molecule has 0 saturated carbocycles. The van der Waals surface area contributed by atoms with Crippen LogP contribution in [0.3, 0.4) is 0 Å². The molecule has 1 fully saturated rings. The predicted octanol–water partition coefficient (Wildman–Crippen LogP) is 2.91. The van der Waals surface area contributed by atoms with Crippen molar-refractivity contribution in [1.82, 2.24) is 4.31 Å². The highest BCUT2D eigenvalue weighted by Gasteiger charge is 2.29. The van der Waals surface area contributed by atoms with Crippen LogP contribution in [-0.2, 0) is 10.0 Å². The van der Waals surface area contributed by atoms with E-state index in [9.17, 15) is 8.42 Å². The summed E-state index contributed by atoms with van der Waals surface area (Å²) in [6.07, 6.45) is 2.90. The zero-order chi connectivity index (χ0) is 13.9. The van der Waals surface area contributed by atoms with Crippen LogP contribution in [0.2, 0.25) is 5.02 Å². The number of rotatable bonds is 4. The lowest BCUT2D eigenvalue weighted by molar-refractivity contribution is 0.323. The molecule has 1 aromatic rings. The number of piperidine rings is 1. The summed E-state index contributed by atoms with van der Waals surface area (Å²) in [6.45, 7) is 3.39. The van der Waals surface area contributed by atoms with Crippen LogP contribution >= 0.6 is 11.6 Å². The van der Waals surface area contributed by atoms with Crippen molar-refractivity contribution in [3.05, 3.63) is 23.2 Å². The van der Waals surface area contributed by atoms with E-state index in [0.717, 1.165) is 19.3 Å². The zero-order valence-corrected chi connectivity index (χ0v) is 12.5. The van der Waals surface area contributed by atoms with E-state index >= 15 is 0 Å². The van der Waals surface area contributed by atoms with Gasteiger partial charge in [-0.2, -0.15) is 4.31 Å². The van der Waals surface area contributed by atoms with Crippen molar-refractivity contribution in [2.75, 3.05) is 19.7 Å². The Kier molecular flexibility index (Phi) is 4.71. The lowest BCUT2D eigenvalue weighted by Gasteiger charge is -2.26. The van der Waals surface area contributed by atoms with Gasteiger partial charge < -0.3 is 4.74 Å². The van der Waals surface area contributed by atoms with Crippen LogP contribution in [0.4, 0.5) is 0 Å². The van der Waals surface area contributed by atoms with Crippen molar-refractivity contribution in [3.8, 4) is 5.75 Å². The van der Waals surface area contributed by atoms with E-state index in [1.807, 2.05) is 6.92 Å². The first-order chi connectivity index (χ1) is 9.05. The summed E-state index contributed by atoms with van der Waals surface area (Å²) in [5, 5.41) is 0.402. The average molecular weight is 304 g/mol. The molecule has 106 valence electrons. The number of halogens is 1. The third kappa shape index (κ3) is 3.22. The minimum absolute atomic E-state index is 0.170. The second-order valence-corrected chi connectivity index (χ2v) is 6.83. The predicted molar refractivity (Wildman–Crippen MR) is 75.2 cm³/mol. The summed E-state index contributed by atoms with van der Waals surface area (Å²) < 4.78 is 32.2. The van der Waals surface area contributed by atoms with Gasteiger partial charge in [-0.05, 0) is 38.0 Å². The molecular weight excluding hydrogens is 286 g/mol. The normalized spacial score (nSPS) is 17.4. The number of hydrogen-bond donors (Lipinski definition) is 0. The van der Waals surface area contributed by atoms with Gasteiger partial charge in [-0.3, -0.25) is 0 Å². The topological polar surface area (TPSA) is 46.6 Å². The molecule has 1 saturated heterocycles. The molecule has 0 bridgehead atoms. The molecule has 0 N–H and O–H groups in total. The van der Waals surface area contributed by atoms with Gasteiger partial charge in [0.25, 0.3) is 0 Å². The molecule has 1 aliphatic rings. The van der Waals surface area contributed by atoms with Crippen molar-refractivity contribution in [1.29, 1.82) is 0 Å². The first-order valence-electron chi connectivity index (χ1n) is 6.48. The Balaban J connectivity index is 2.40. The molecule has 4 nitrogen and oxygen atoms in total. The van der Waals surface area contributed by atoms with Crippen LogP contribution in [0.15, 0.2) is 23.1 Å². The first-order valence-corrected chi connectivity index (χ1v) is 8.30. The van der Waals surface area contributed by atoms with E-state index in [2.05, 4.69) is 0 Å². The van der Waals surface area contributed by atoms with Crippen LogP contribution < -0.4 is 4.74 Å². The van der Waals surface area contributed by atoms with E-state index in [1.165, 1.54) is 10.4 Å². The quantitative estimate of drug-likeness (QED) is 0.859. The fourth-order valence-corrected chi connectivity index (χ4v) is 4.11. The molecule has 2 rings (SSSR count). The smallest absolute Gasteiger partial charge is 0.246 e. The maximum absolute atomic E-state index is 12.6. The highest BCUT2D eigenvalue weighted by molar-refractivity contribution is 7.89. The minimum atomic E-state index is -3.51. The van der Waals surface area contributed by atoms with Gasteiger partial charge in [0.15, 0.2) is 0 Å². The molecule has 1 aromatic carbocycles. The molecule has 0 spiro atoms. The van der Waals surface area contributed by atoms with Crippen LogP contribution in [-0.4, -0.2) is 32.4 Å². The fourth-order valence-electron chi connectivity index (χ4n) is 2.20. The van der Waals surface area contributed by atoms with Crippen LogP contribution in [0, 0.1) is 0 Å². The Bertz CT molecular complexity index is 539. The second kappa shape index (κ2) is 6.11. The molecule has 19 heavy (non-hydrogen) atoms.